The smallest absolute Gasteiger partial charge is 0.266 e. The highest BCUT2D eigenvalue weighted by molar-refractivity contribution is 8.26. The Kier molecular flexibility index (Phi) is 7.09. The van der Waals surface area contributed by atoms with E-state index in [-0.39, 0.29) is 38.2 Å². The van der Waals surface area contributed by atoms with Gasteiger partial charge in [-0.1, -0.05) is 48.2 Å². The number of carbonyl (C=O) groups is 2. The summed E-state index contributed by atoms with van der Waals surface area (Å²) in [7, 11) is 0. The molecule has 2 amide bonds. The number of carbonyl (C=O) groups excluding carboxylic acids is 2. The van der Waals surface area contributed by atoms with Gasteiger partial charge >= 0.3 is 0 Å². The molecule has 0 aromatic heterocycles. The second-order valence-electron chi connectivity index (χ2n) is 7.15. The molecular weight excluding hydrogens is 448 g/mol. The van der Waals surface area contributed by atoms with E-state index in [1.54, 1.807) is 11.0 Å². The molecule has 0 bridgehead atoms. The number of thioether (sulfide) groups is 1. The van der Waals surface area contributed by atoms with Crippen LogP contribution in [0.25, 0.3) is 6.08 Å². The Labute approximate surface area is 195 Å². The van der Waals surface area contributed by atoms with Crippen LogP contribution in [0.3, 0.4) is 0 Å². The van der Waals surface area contributed by atoms with E-state index in [9.17, 15) is 14.7 Å². The maximum absolute atomic E-state index is 12.9. The minimum atomic E-state index is -0.166. The first-order chi connectivity index (χ1) is 15.6. The summed E-state index contributed by atoms with van der Waals surface area (Å²) >= 11 is 6.64. The summed E-state index contributed by atoms with van der Waals surface area (Å²) in [5.74, 6) is 1.07. The molecule has 0 saturated carbocycles. The van der Waals surface area contributed by atoms with Crippen LogP contribution in [0.2, 0.25) is 0 Å². The summed E-state index contributed by atoms with van der Waals surface area (Å²) in [4.78, 5) is 29.2. The molecule has 166 valence electrons. The number of hydrogen-bond donors (Lipinski definition) is 1. The molecule has 0 radical (unpaired) electrons. The number of para-hydroxylation sites is 1. The maximum Gasteiger partial charge on any atom is 0.266 e. The molecule has 0 atom stereocenters. The number of ether oxygens (including phenoxy) is 2. The lowest BCUT2D eigenvalue weighted by Crippen LogP contribution is -2.35. The zero-order valence-electron chi connectivity index (χ0n) is 17.2. The number of thiocarbonyl (C=S) groups is 1. The summed E-state index contributed by atoms with van der Waals surface area (Å²) in [5, 5.41) is 9.33. The SMILES string of the molecule is O=C1/C(=C/c2ccc3c(c2)OCO3)SC(=S)N1CCCC(=O)N(CCO)c1ccccc1. The van der Waals surface area contributed by atoms with Crippen molar-refractivity contribution in [2.75, 3.05) is 31.4 Å². The van der Waals surface area contributed by atoms with Crippen LogP contribution < -0.4 is 14.4 Å². The van der Waals surface area contributed by atoms with Gasteiger partial charge in [0.1, 0.15) is 4.32 Å². The standard InChI is InChI=1S/C23H22N2O5S2/c26-12-11-24(17-5-2-1-3-6-17)21(27)7-4-10-25-22(28)20(32-23(25)31)14-16-8-9-18-19(13-16)30-15-29-18/h1-3,5-6,8-9,13-14,26H,4,7,10-12,15H2/b20-14-. The van der Waals surface area contributed by atoms with E-state index in [1.165, 1.54) is 16.7 Å². The predicted octanol–water partition coefficient (Wildman–Crippen LogP) is 3.42. The normalized spacial score (nSPS) is 16.2. The van der Waals surface area contributed by atoms with E-state index in [2.05, 4.69) is 0 Å². The first-order valence-corrected chi connectivity index (χ1v) is 11.4. The van der Waals surface area contributed by atoms with Crippen molar-refractivity contribution in [3.05, 3.63) is 59.0 Å². The van der Waals surface area contributed by atoms with Gasteiger partial charge in [0.25, 0.3) is 5.91 Å². The van der Waals surface area contributed by atoms with Crippen molar-refractivity contribution in [1.29, 1.82) is 0 Å². The molecule has 2 aromatic rings. The molecule has 0 spiro atoms. The number of rotatable bonds is 8. The average molecular weight is 471 g/mol. The summed E-state index contributed by atoms with van der Waals surface area (Å²) in [6, 6.07) is 14.7. The van der Waals surface area contributed by atoms with Gasteiger partial charge in [0.2, 0.25) is 12.7 Å². The second-order valence-corrected chi connectivity index (χ2v) is 8.83. The van der Waals surface area contributed by atoms with Crippen LogP contribution in [0.4, 0.5) is 5.69 Å². The van der Waals surface area contributed by atoms with Gasteiger partial charge in [0.15, 0.2) is 11.5 Å². The van der Waals surface area contributed by atoms with Crippen molar-refractivity contribution < 1.29 is 24.2 Å². The lowest BCUT2D eigenvalue weighted by atomic mass is 10.2. The Morgan fingerprint density at radius 3 is 2.75 bits per heavy atom. The third-order valence-corrected chi connectivity index (χ3v) is 6.41. The van der Waals surface area contributed by atoms with Gasteiger partial charge in [-0.2, -0.15) is 0 Å². The Bertz CT molecular complexity index is 1060. The fourth-order valence-corrected chi connectivity index (χ4v) is 4.78. The minimum absolute atomic E-state index is 0.105. The predicted molar refractivity (Wildman–Crippen MR) is 128 cm³/mol. The van der Waals surface area contributed by atoms with Gasteiger partial charge in [-0.15, -0.1) is 0 Å². The first-order valence-electron chi connectivity index (χ1n) is 10.2. The topological polar surface area (TPSA) is 79.3 Å². The fraction of sp³-hybridized carbons (Fsp3) is 0.261. The fourth-order valence-electron chi connectivity index (χ4n) is 3.48. The molecule has 7 nitrogen and oxygen atoms in total. The highest BCUT2D eigenvalue weighted by atomic mass is 32.2. The first kappa shape index (κ1) is 22.3. The third kappa shape index (κ3) is 4.95. The minimum Gasteiger partial charge on any atom is -0.454 e. The van der Waals surface area contributed by atoms with E-state index in [0.29, 0.717) is 33.7 Å². The highest BCUT2D eigenvalue weighted by Gasteiger charge is 2.32. The van der Waals surface area contributed by atoms with E-state index < -0.39 is 0 Å². The Morgan fingerprint density at radius 1 is 1.19 bits per heavy atom. The number of fused-ring (bicyclic) bond motifs is 1. The van der Waals surface area contributed by atoms with Crippen LogP contribution in [0.1, 0.15) is 18.4 Å². The average Bonchev–Trinajstić information content (AvgIpc) is 3.37. The van der Waals surface area contributed by atoms with Crippen LogP contribution in [-0.2, 0) is 9.59 Å². The van der Waals surface area contributed by atoms with E-state index in [1.807, 2.05) is 48.5 Å². The number of amides is 2. The molecule has 1 N–H and O–H groups in total. The molecule has 2 aliphatic rings. The van der Waals surface area contributed by atoms with Crippen molar-refractivity contribution in [3.63, 3.8) is 0 Å². The van der Waals surface area contributed by atoms with E-state index >= 15 is 0 Å². The molecule has 2 aromatic carbocycles. The largest absolute Gasteiger partial charge is 0.454 e. The number of aliphatic hydroxyl groups excluding tert-OH is 1. The van der Waals surface area contributed by atoms with Gasteiger partial charge < -0.3 is 19.5 Å². The molecule has 2 aliphatic heterocycles. The van der Waals surface area contributed by atoms with E-state index in [4.69, 9.17) is 21.7 Å². The molecular formula is C23H22N2O5S2. The molecule has 1 saturated heterocycles. The summed E-state index contributed by atoms with van der Waals surface area (Å²) < 4.78 is 11.2. The van der Waals surface area contributed by atoms with Crippen LogP contribution in [-0.4, -0.2) is 52.6 Å². The van der Waals surface area contributed by atoms with Gasteiger partial charge in [-0.25, -0.2) is 0 Å². The van der Waals surface area contributed by atoms with Crippen molar-refractivity contribution in [2.24, 2.45) is 0 Å². The van der Waals surface area contributed by atoms with Gasteiger partial charge in [-0.3, -0.25) is 14.5 Å². The zero-order valence-corrected chi connectivity index (χ0v) is 18.9. The van der Waals surface area contributed by atoms with Crippen LogP contribution in [0.15, 0.2) is 53.4 Å². The van der Waals surface area contributed by atoms with Gasteiger partial charge in [0, 0.05) is 25.2 Å². The summed E-state index contributed by atoms with van der Waals surface area (Å²) in [6.07, 6.45) is 2.50. The maximum atomic E-state index is 12.9. The van der Waals surface area contributed by atoms with Crippen molar-refractivity contribution >= 4 is 51.9 Å². The summed E-state index contributed by atoms with van der Waals surface area (Å²) in [5.41, 5.74) is 1.57. The second kappa shape index (κ2) is 10.2. The van der Waals surface area contributed by atoms with Crippen LogP contribution in [0, 0.1) is 0 Å². The Morgan fingerprint density at radius 2 is 1.97 bits per heavy atom. The quantitative estimate of drug-likeness (QED) is 0.468. The number of hydrogen-bond acceptors (Lipinski definition) is 7. The lowest BCUT2D eigenvalue weighted by molar-refractivity contribution is -0.123. The molecule has 9 heteroatoms. The van der Waals surface area contributed by atoms with Gasteiger partial charge in [-0.05, 0) is 42.3 Å². The Balaban J connectivity index is 1.36. The summed E-state index contributed by atoms with van der Waals surface area (Å²) in [6.45, 7) is 0.651. The molecule has 1 fully saturated rings. The lowest BCUT2D eigenvalue weighted by Gasteiger charge is -2.22. The molecule has 0 aliphatic carbocycles. The number of anilines is 1. The molecule has 0 unspecified atom stereocenters. The van der Waals surface area contributed by atoms with Crippen molar-refractivity contribution in [1.82, 2.24) is 4.90 Å². The van der Waals surface area contributed by atoms with Gasteiger partial charge in [0.05, 0.1) is 11.5 Å². The highest BCUT2D eigenvalue weighted by Crippen LogP contribution is 2.36. The zero-order chi connectivity index (χ0) is 22.5. The molecule has 4 rings (SSSR count). The third-order valence-electron chi connectivity index (χ3n) is 5.03. The van der Waals surface area contributed by atoms with Crippen molar-refractivity contribution in [2.45, 2.75) is 12.8 Å². The molecule has 32 heavy (non-hydrogen) atoms. The van der Waals surface area contributed by atoms with Crippen LogP contribution in [0.5, 0.6) is 11.5 Å². The number of nitrogens with zero attached hydrogens (tertiary/aromatic N) is 2. The number of benzene rings is 2. The van der Waals surface area contributed by atoms with E-state index in [0.717, 1.165) is 11.3 Å². The number of aliphatic hydroxyl groups is 1. The van der Waals surface area contributed by atoms with Crippen molar-refractivity contribution in [3.8, 4) is 11.5 Å². The Hall–Kier alpha value is -2.88. The monoisotopic (exact) mass is 470 g/mol. The van der Waals surface area contributed by atoms with Crippen LogP contribution >= 0.6 is 24.0 Å². The molecule has 2 heterocycles.